The van der Waals surface area contributed by atoms with Crippen LogP contribution in [-0.4, -0.2) is 75.8 Å². The molecule has 2 aromatic carbocycles. The van der Waals surface area contributed by atoms with Crippen molar-refractivity contribution in [2.24, 2.45) is 0 Å². The highest BCUT2D eigenvalue weighted by Gasteiger charge is 2.33. The number of carbonyl (C=O) groups is 1. The second kappa shape index (κ2) is 19.2. The van der Waals surface area contributed by atoms with Gasteiger partial charge in [-0.1, -0.05) is 39.0 Å². The van der Waals surface area contributed by atoms with Crippen molar-refractivity contribution in [3.05, 3.63) is 71.2 Å². The lowest BCUT2D eigenvalue weighted by Crippen LogP contribution is -2.45. The molecule has 0 unspecified atom stereocenters. The molecule has 0 atom stereocenters. The van der Waals surface area contributed by atoms with Gasteiger partial charge in [-0.3, -0.25) is 9.20 Å². The first kappa shape index (κ1) is 42.4. The van der Waals surface area contributed by atoms with Gasteiger partial charge < -0.3 is 29.7 Å². The number of pyridine rings is 1. The van der Waals surface area contributed by atoms with Crippen LogP contribution in [0.5, 0.6) is 5.75 Å². The molecular formula is C42H60FN3O6. The Kier molecular flexibility index (Phi) is 15.7. The molecule has 52 heavy (non-hydrogen) atoms. The summed E-state index contributed by atoms with van der Waals surface area (Å²) in [5, 5.41) is 22.4. The smallest absolute Gasteiger partial charge is 0.290 e. The number of aromatic nitrogens is 2. The molecule has 3 N–H and O–H groups in total. The van der Waals surface area contributed by atoms with E-state index in [1.807, 2.05) is 12.1 Å². The molecule has 3 aliphatic heterocycles. The first-order chi connectivity index (χ1) is 24.7. The van der Waals surface area contributed by atoms with E-state index in [1.165, 1.54) is 28.6 Å². The van der Waals surface area contributed by atoms with Gasteiger partial charge in [-0.15, -0.1) is 0 Å². The summed E-state index contributed by atoms with van der Waals surface area (Å²) in [6.07, 6.45) is 8.16. The van der Waals surface area contributed by atoms with Crippen molar-refractivity contribution < 1.29 is 34.0 Å². The average molecular weight is 722 g/mol. The second-order valence-corrected chi connectivity index (χ2v) is 14.9. The van der Waals surface area contributed by atoms with Crippen molar-refractivity contribution in [2.45, 2.75) is 111 Å². The van der Waals surface area contributed by atoms with E-state index in [0.29, 0.717) is 18.3 Å². The van der Waals surface area contributed by atoms with Crippen molar-refractivity contribution in [1.29, 1.82) is 0 Å². The maximum absolute atomic E-state index is 14.5. The molecule has 6 bridgehead atoms. The number of carboxylic acid groups (broad SMARTS) is 1. The monoisotopic (exact) mass is 721 g/mol. The minimum absolute atomic E-state index is 0.101. The maximum Gasteiger partial charge on any atom is 0.290 e. The van der Waals surface area contributed by atoms with Gasteiger partial charge >= 0.3 is 0 Å². The Morgan fingerprint density at radius 3 is 2.25 bits per heavy atom. The Balaban J connectivity index is 0.000000654. The van der Waals surface area contributed by atoms with Gasteiger partial charge in [0.25, 0.3) is 6.47 Å². The first-order valence-corrected chi connectivity index (χ1v) is 18.4. The van der Waals surface area contributed by atoms with Gasteiger partial charge in [0, 0.05) is 49.7 Å². The highest BCUT2D eigenvalue weighted by molar-refractivity contribution is 5.77. The first-order valence-electron chi connectivity index (χ1n) is 18.4. The Hall–Kier alpha value is -3.99. The number of imidazole rings is 1. The second-order valence-electron chi connectivity index (χ2n) is 14.9. The predicted octanol–water partition coefficient (Wildman–Crippen LogP) is 8.83. The fraction of sp³-hybridized carbons (Fsp3) is 0.524. The van der Waals surface area contributed by atoms with Gasteiger partial charge in [-0.25, -0.2) is 9.37 Å². The third kappa shape index (κ3) is 11.0. The zero-order valence-electron chi connectivity index (χ0n) is 32.6. The van der Waals surface area contributed by atoms with E-state index in [0.717, 1.165) is 93.4 Å². The van der Waals surface area contributed by atoms with E-state index < -0.39 is 5.60 Å². The van der Waals surface area contributed by atoms with Crippen molar-refractivity contribution >= 4 is 17.9 Å². The fourth-order valence-corrected chi connectivity index (χ4v) is 6.89. The molecule has 2 aromatic heterocycles. The Morgan fingerprint density at radius 1 is 1.02 bits per heavy atom. The van der Waals surface area contributed by atoms with Gasteiger partial charge in [0.1, 0.15) is 23.0 Å². The highest BCUT2D eigenvalue weighted by Crippen LogP contribution is 2.39. The van der Waals surface area contributed by atoms with Crippen LogP contribution in [0, 0.1) is 12.7 Å². The van der Waals surface area contributed by atoms with E-state index in [2.05, 4.69) is 62.2 Å². The molecule has 1 saturated heterocycles. The summed E-state index contributed by atoms with van der Waals surface area (Å²) in [4.78, 5) is 16.2. The summed E-state index contributed by atoms with van der Waals surface area (Å²) in [6, 6.07) is 13.1. The summed E-state index contributed by atoms with van der Waals surface area (Å²) in [7, 11) is 1.00. The largest absolute Gasteiger partial charge is 0.493 e. The molecule has 7 rings (SSSR count). The predicted molar refractivity (Wildman–Crippen MR) is 208 cm³/mol. The van der Waals surface area contributed by atoms with E-state index >= 15 is 0 Å². The van der Waals surface area contributed by atoms with Gasteiger partial charge in [0.2, 0.25) is 0 Å². The van der Waals surface area contributed by atoms with Crippen LogP contribution in [0.25, 0.3) is 28.0 Å². The third-order valence-electron chi connectivity index (χ3n) is 9.26. The van der Waals surface area contributed by atoms with Crippen molar-refractivity contribution in [1.82, 2.24) is 9.38 Å². The van der Waals surface area contributed by atoms with Crippen LogP contribution in [-0.2, 0) is 16.0 Å². The van der Waals surface area contributed by atoms with Crippen LogP contribution < -0.4 is 9.64 Å². The Labute approximate surface area is 309 Å². The number of anilines is 1. The van der Waals surface area contributed by atoms with Crippen molar-refractivity contribution in [3.8, 4) is 28.1 Å². The number of benzene rings is 2. The summed E-state index contributed by atoms with van der Waals surface area (Å²) in [5.41, 5.74) is 8.11. The fourth-order valence-electron chi connectivity index (χ4n) is 6.89. The van der Waals surface area contributed by atoms with Gasteiger partial charge in [-0.05, 0) is 120 Å². The summed E-state index contributed by atoms with van der Waals surface area (Å²) in [5.74, 6) is 2.04. The number of hydrogen-bond donors (Lipinski definition) is 3. The number of aliphatic hydroxyl groups is 2. The molecule has 5 heterocycles. The molecule has 0 amide bonds. The molecule has 9 nitrogen and oxygen atoms in total. The number of nitrogens with zero attached hydrogens (tertiary/aromatic N) is 3. The lowest BCUT2D eigenvalue weighted by Gasteiger charge is -2.41. The Bertz CT molecular complexity index is 1730. The van der Waals surface area contributed by atoms with E-state index in [-0.39, 0.29) is 17.9 Å². The SMILES string of the molecule is CC(C)(C)O.CCc1c(C)c(C(C)C)c2nc3cn2c1N1CCC(C)(CC1)OCCCCCOc1ccc(F)cc1-c1cccc-3c1.CO.O=CO. The summed E-state index contributed by atoms with van der Waals surface area (Å²) >= 11 is 0. The molecule has 10 heteroatoms. The lowest BCUT2D eigenvalue weighted by molar-refractivity contribution is -0.122. The number of aliphatic hydroxyl groups excluding tert-OH is 1. The summed E-state index contributed by atoms with van der Waals surface area (Å²) in [6.45, 7) is 19.6. The minimum Gasteiger partial charge on any atom is -0.493 e. The number of hydrogen-bond acceptors (Lipinski definition) is 7. The molecule has 0 radical (unpaired) electrons. The van der Waals surface area contributed by atoms with E-state index in [9.17, 15) is 4.39 Å². The molecule has 0 aliphatic carbocycles. The number of piperidine rings is 1. The normalized spacial score (nSPS) is 15.6. The topological polar surface area (TPSA) is 117 Å². The number of ether oxygens (including phenoxy) is 2. The number of fused-ring (bicyclic) bond motifs is 8. The van der Waals surface area contributed by atoms with Gasteiger partial charge in [-0.2, -0.15) is 0 Å². The van der Waals surface area contributed by atoms with Crippen LogP contribution in [0.1, 0.15) is 103 Å². The zero-order chi connectivity index (χ0) is 38.6. The van der Waals surface area contributed by atoms with Crippen molar-refractivity contribution in [2.75, 3.05) is 38.3 Å². The molecular weight excluding hydrogens is 661 g/mol. The van der Waals surface area contributed by atoms with Gasteiger partial charge in [0.15, 0.2) is 0 Å². The molecule has 0 saturated carbocycles. The molecule has 4 aromatic rings. The number of halogens is 1. The standard InChI is InChI=1S/C36H44FN3O2.C4H10O.CH2O2.CH4O/c1-6-29-25(4)33(24(2)3)34-38-31-23-40(34)35(29)39-17-15-36(5,16-18-39)42-20-9-7-8-19-41-32-14-13-28(37)22-30(32)26-11-10-12-27(31)21-26;1-4(2,3)5;2-1-3;1-2/h10-14,21-24H,6-9,15-20H2,1-5H3;5H,1-3H3;1H,(H,2,3);2H,1H3. The summed E-state index contributed by atoms with van der Waals surface area (Å²) < 4.78 is 29.5. The van der Waals surface area contributed by atoms with Crippen LogP contribution in [0.4, 0.5) is 10.2 Å². The van der Waals surface area contributed by atoms with Crippen LogP contribution in [0.15, 0.2) is 48.7 Å². The van der Waals surface area contributed by atoms with Crippen LogP contribution in [0.2, 0.25) is 0 Å². The minimum atomic E-state index is -0.500. The average Bonchev–Trinajstić information content (AvgIpc) is 3.53. The molecule has 0 spiro atoms. The lowest BCUT2D eigenvalue weighted by atomic mass is 9.91. The van der Waals surface area contributed by atoms with Gasteiger partial charge in [0.05, 0.1) is 23.5 Å². The zero-order valence-corrected chi connectivity index (χ0v) is 32.6. The highest BCUT2D eigenvalue weighted by atomic mass is 19.1. The number of rotatable bonds is 2. The maximum atomic E-state index is 14.5. The Morgan fingerprint density at radius 2 is 1.63 bits per heavy atom. The quantitative estimate of drug-likeness (QED) is 0.176. The van der Waals surface area contributed by atoms with Crippen LogP contribution in [0.3, 0.4) is 0 Å². The van der Waals surface area contributed by atoms with Crippen molar-refractivity contribution in [3.63, 3.8) is 0 Å². The molecule has 1 fully saturated rings. The molecule has 286 valence electrons. The van der Waals surface area contributed by atoms with E-state index in [4.69, 9.17) is 34.6 Å². The van der Waals surface area contributed by atoms with E-state index in [1.54, 1.807) is 32.9 Å². The van der Waals surface area contributed by atoms with Crippen LogP contribution >= 0.6 is 0 Å². The third-order valence-corrected chi connectivity index (χ3v) is 9.26. The molecule has 3 aliphatic rings.